The molecule has 2 N–H and O–H groups in total. The first-order chi connectivity index (χ1) is 9.92. The standard InChI is InChI=1S/C15H26N2O3S/c1-5-6-16-11-14-10-15(13(3)9-12(14)2)21(18,19)17-7-8-20-4/h9-10,16-17H,5-8,11H2,1-4H3. The van der Waals surface area contributed by atoms with Gasteiger partial charge in [-0.15, -0.1) is 0 Å². The van der Waals surface area contributed by atoms with Gasteiger partial charge in [0.1, 0.15) is 0 Å². The smallest absolute Gasteiger partial charge is 0.240 e. The summed E-state index contributed by atoms with van der Waals surface area (Å²) in [6.45, 7) is 8.16. The van der Waals surface area contributed by atoms with Crippen LogP contribution in [0.5, 0.6) is 0 Å². The molecule has 0 unspecified atom stereocenters. The molecule has 0 atom stereocenters. The molecule has 0 spiro atoms. The average Bonchev–Trinajstić information content (AvgIpc) is 2.41. The fourth-order valence-corrected chi connectivity index (χ4v) is 3.40. The van der Waals surface area contributed by atoms with Crippen LogP contribution in [0.2, 0.25) is 0 Å². The number of sulfonamides is 1. The zero-order valence-corrected chi connectivity index (χ0v) is 14.1. The summed E-state index contributed by atoms with van der Waals surface area (Å²) < 4.78 is 32.1. The Morgan fingerprint density at radius 1 is 1.14 bits per heavy atom. The monoisotopic (exact) mass is 314 g/mol. The zero-order valence-electron chi connectivity index (χ0n) is 13.3. The quantitative estimate of drug-likeness (QED) is 0.681. The van der Waals surface area contributed by atoms with E-state index in [1.807, 2.05) is 19.9 Å². The maximum atomic E-state index is 12.3. The van der Waals surface area contributed by atoms with Crippen molar-refractivity contribution >= 4 is 10.0 Å². The molecule has 0 aliphatic rings. The molecule has 0 aromatic heterocycles. The lowest BCUT2D eigenvalue weighted by Gasteiger charge is -2.14. The van der Waals surface area contributed by atoms with E-state index in [4.69, 9.17) is 4.74 Å². The minimum Gasteiger partial charge on any atom is -0.383 e. The third-order valence-corrected chi connectivity index (χ3v) is 4.87. The van der Waals surface area contributed by atoms with Crippen LogP contribution >= 0.6 is 0 Å². The molecule has 120 valence electrons. The Morgan fingerprint density at radius 3 is 2.48 bits per heavy atom. The fourth-order valence-electron chi connectivity index (χ4n) is 2.11. The molecule has 1 aromatic carbocycles. The molecule has 0 bridgehead atoms. The Hall–Kier alpha value is -0.950. The third kappa shape index (κ3) is 5.39. The molecule has 1 rings (SSSR count). The highest BCUT2D eigenvalue weighted by molar-refractivity contribution is 7.89. The van der Waals surface area contributed by atoms with Crippen LogP contribution in [-0.2, 0) is 21.3 Å². The topological polar surface area (TPSA) is 67.4 Å². The molecule has 21 heavy (non-hydrogen) atoms. The highest BCUT2D eigenvalue weighted by Crippen LogP contribution is 2.20. The second kappa shape index (κ2) is 8.48. The summed E-state index contributed by atoms with van der Waals surface area (Å²) in [4.78, 5) is 0.345. The summed E-state index contributed by atoms with van der Waals surface area (Å²) in [6, 6.07) is 3.69. The van der Waals surface area contributed by atoms with Gasteiger partial charge in [-0.2, -0.15) is 0 Å². The summed E-state index contributed by atoms with van der Waals surface area (Å²) >= 11 is 0. The lowest BCUT2D eigenvalue weighted by Crippen LogP contribution is -2.28. The molecule has 0 saturated carbocycles. The van der Waals surface area contributed by atoms with Crippen LogP contribution in [0.3, 0.4) is 0 Å². The van der Waals surface area contributed by atoms with Gasteiger partial charge in [-0.25, -0.2) is 13.1 Å². The lowest BCUT2D eigenvalue weighted by atomic mass is 10.1. The number of ether oxygens (including phenoxy) is 1. The second-order valence-corrected chi connectivity index (χ2v) is 6.85. The predicted molar refractivity (Wildman–Crippen MR) is 85.0 cm³/mol. The van der Waals surface area contributed by atoms with E-state index in [2.05, 4.69) is 17.0 Å². The molecular formula is C15H26N2O3S. The molecule has 0 saturated heterocycles. The van der Waals surface area contributed by atoms with Crippen LogP contribution in [0.15, 0.2) is 17.0 Å². The summed E-state index contributed by atoms with van der Waals surface area (Å²) in [5.41, 5.74) is 2.88. The molecule has 0 amide bonds. The van der Waals surface area contributed by atoms with Gasteiger partial charge in [0.25, 0.3) is 0 Å². The molecule has 6 heteroatoms. The Labute approximate surface area is 128 Å². The van der Waals surface area contributed by atoms with Crippen molar-refractivity contribution in [2.24, 2.45) is 0 Å². The van der Waals surface area contributed by atoms with Crippen molar-refractivity contribution in [3.8, 4) is 0 Å². The van der Waals surface area contributed by atoms with E-state index in [-0.39, 0.29) is 6.54 Å². The maximum Gasteiger partial charge on any atom is 0.240 e. The van der Waals surface area contributed by atoms with Crippen LogP contribution < -0.4 is 10.0 Å². The lowest BCUT2D eigenvalue weighted by molar-refractivity contribution is 0.204. The van der Waals surface area contributed by atoms with Crippen LogP contribution in [0.25, 0.3) is 0 Å². The SMILES string of the molecule is CCCNCc1cc(S(=O)(=O)NCCOC)c(C)cc1C. The number of benzene rings is 1. The first kappa shape index (κ1) is 18.1. The molecule has 0 fully saturated rings. The van der Waals surface area contributed by atoms with Gasteiger partial charge in [0.15, 0.2) is 0 Å². The van der Waals surface area contributed by atoms with Crippen molar-refractivity contribution in [3.05, 3.63) is 28.8 Å². The van der Waals surface area contributed by atoms with E-state index in [1.165, 1.54) is 0 Å². The van der Waals surface area contributed by atoms with Crippen LogP contribution in [0.4, 0.5) is 0 Å². The molecule has 0 radical (unpaired) electrons. The average molecular weight is 314 g/mol. The summed E-state index contributed by atoms with van der Waals surface area (Å²) in [5.74, 6) is 0. The number of hydrogen-bond acceptors (Lipinski definition) is 4. The van der Waals surface area contributed by atoms with Gasteiger partial charge in [-0.1, -0.05) is 13.0 Å². The fraction of sp³-hybridized carbons (Fsp3) is 0.600. The number of methoxy groups -OCH3 is 1. The number of nitrogens with one attached hydrogen (secondary N) is 2. The molecule has 0 heterocycles. The van der Waals surface area contributed by atoms with E-state index in [9.17, 15) is 8.42 Å². The van der Waals surface area contributed by atoms with E-state index >= 15 is 0 Å². The molecule has 1 aromatic rings. The van der Waals surface area contributed by atoms with Gasteiger partial charge in [0.2, 0.25) is 10.0 Å². The molecule has 5 nitrogen and oxygen atoms in total. The van der Waals surface area contributed by atoms with Gasteiger partial charge in [-0.05, 0) is 49.6 Å². The van der Waals surface area contributed by atoms with Crippen LogP contribution in [0, 0.1) is 13.8 Å². The molecule has 0 aliphatic heterocycles. The van der Waals surface area contributed by atoms with Crippen LogP contribution in [0.1, 0.15) is 30.0 Å². The van der Waals surface area contributed by atoms with E-state index in [0.717, 1.165) is 29.7 Å². The van der Waals surface area contributed by atoms with Gasteiger partial charge in [0, 0.05) is 20.2 Å². The molecular weight excluding hydrogens is 288 g/mol. The normalized spacial score (nSPS) is 11.8. The summed E-state index contributed by atoms with van der Waals surface area (Å²) in [6.07, 6.45) is 1.05. The second-order valence-electron chi connectivity index (χ2n) is 5.11. The third-order valence-electron chi connectivity index (χ3n) is 3.26. The first-order valence-corrected chi connectivity index (χ1v) is 8.70. The summed E-state index contributed by atoms with van der Waals surface area (Å²) in [5, 5.41) is 3.31. The minimum atomic E-state index is -3.49. The van der Waals surface area contributed by atoms with Gasteiger partial charge < -0.3 is 10.1 Å². The Balaban J connectivity index is 2.97. The van der Waals surface area contributed by atoms with Gasteiger partial charge in [-0.3, -0.25) is 0 Å². The van der Waals surface area contributed by atoms with Gasteiger partial charge >= 0.3 is 0 Å². The van der Waals surface area contributed by atoms with Crippen LogP contribution in [-0.4, -0.2) is 35.2 Å². The predicted octanol–water partition coefficient (Wildman–Crippen LogP) is 1.73. The van der Waals surface area contributed by atoms with E-state index in [1.54, 1.807) is 13.2 Å². The van der Waals surface area contributed by atoms with Crippen molar-refractivity contribution in [3.63, 3.8) is 0 Å². The summed E-state index contributed by atoms with van der Waals surface area (Å²) in [7, 11) is -1.95. The van der Waals surface area contributed by atoms with E-state index < -0.39 is 10.0 Å². The van der Waals surface area contributed by atoms with Crippen molar-refractivity contribution in [2.75, 3.05) is 26.8 Å². The highest BCUT2D eigenvalue weighted by atomic mass is 32.2. The zero-order chi connectivity index (χ0) is 15.9. The van der Waals surface area contributed by atoms with Crippen molar-refractivity contribution in [2.45, 2.75) is 38.6 Å². The minimum absolute atomic E-state index is 0.273. The Morgan fingerprint density at radius 2 is 1.86 bits per heavy atom. The Bertz CT molecular complexity index is 556. The highest BCUT2D eigenvalue weighted by Gasteiger charge is 2.17. The Kier molecular flexibility index (Phi) is 7.31. The van der Waals surface area contributed by atoms with E-state index in [0.29, 0.717) is 18.0 Å². The maximum absolute atomic E-state index is 12.3. The number of aryl methyl sites for hydroxylation is 2. The number of rotatable bonds is 9. The van der Waals surface area contributed by atoms with Crippen molar-refractivity contribution in [1.29, 1.82) is 0 Å². The number of hydrogen-bond donors (Lipinski definition) is 2. The van der Waals surface area contributed by atoms with Crippen molar-refractivity contribution in [1.82, 2.24) is 10.0 Å². The van der Waals surface area contributed by atoms with Crippen molar-refractivity contribution < 1.29 is 13.2 Å². The molecule has 0 aliphatic carbocycles. The van der Waals surface area contributed by atoms with Gasteiger partial charge in [0.05, 0.1) is 11.5 Å². The largest absolute Gasteiger partial charge is 0.383 e. The first-order valence-electron chi connectivity index (χ1n) is 7.21.